The standard InChI is InChI=1S/C21H16ClFN2O3/c1-27-20-12-14(13-24-25-16-9-7-15(22)8-10-16)6-11-19(20)28-21(26)17-4-2-3-5-18(17)23/h2-13,25H,1H3/b24-13-. The summed E-state index contributed by atoms with van der Waals surface area (Å²) in [5.74, 6) is -0.954. The first-order valence-electron chi connectivity index (χ1n) is 8.26. The lowest BCUT2D eigenvalue weighted by Gasteiger charge is -2.10. The third-order valence-corrected chi connectivity index (χ3v) is 3.99. The minimum Gasteiger partial charge on any atom is -0.493 e. The third kappa shape index (κ3) is 4.86. The van der Waals surface area contributed by atoms with Gasteiger partial charge in [0.2, 0.25) is 0 Å². The number of hydrogen-bond donors (Lipinski definition) is 1. The summed E-state index contributed by atoms with van der Waals surface area (Å²) >= 11 is 5.84. The molecule has 0 amide bonds. The van der Waals surface area contributed by atoms with E-state index in [4.69, 9.17) is 21.1 Å². The zero-order valence-electron chi connectivity index (χ0n) is 14.9. The van der Waals surface area contributed by atoms with Gasteiger partial charge in [-0.1, -0.05) is 23.7 Å². The van der Waals surface area contributed by atoms with E-state index in [9.17, 15) is 9.18 Å². The Hall–Kier alpha value is -3.38. The molecular formula is C21H16ClFN2O3. The van der Waals surface area contributed by atoms with Crippen LogP contribution in [0.15, 0.2) is 71.8 Å². The number of halogens is 2. The molecule has 0 saturated carbocycles. The van der Waals surface area contributed by atoms with Crippen LogP contribution in [-0.4, -0.2) is 19.3 Å². The second-order valence-electron chi connectivity index (χ2n) is 5.66. The van der Waals surface area contributed by atoms with Crippen LogP contribution in [0.5, 0.6) is 11.5 Å². The number of esters is 1. The van der Waals surface area contributed by atoms with Crippen molar-refractivity contribution in [1.82, 2.24) is 0 Å². The van der Waals surface area contributed by atoms with Gasteiger partial charge in [0.25, 0.3) is 0 Å². The highest BCUT2D eigenvalue weighted by Gasteiger charge is 2.16. The monoisotopic (exact) mass is 398 g/mol. The average molecular weight is 399 g/mol. The number of hydrogen-bond acceptors (Lipinski definition) is 5. The van der Waals surface area contributed by atoms with Gasteiger partial charge in [-0.05, 0) is 60.2 Å². The highest BCUT2D eigenvalue weighted by molar-refractivity contribution is 6.30. The van der Waals surface area contributed by atoms with Gasteiger partial charge in [0.05, 0.1) is 24.6 Å². The fourth-order valence-electron chi connectivity index (χ4n) is 2.34. The van der Waals surface area contributed by atoms with Gasteiger partial charge < -0.3 is 9.47 Å². The van der Waals surface area contributed by atoms with E-state index in [-0.39, 0.29) is 11.3 Å². The van der Waals surface area contributed by atoms with E-state index in [0.29, 0.717) is 16.3 Å². The first kappa shape index (κ1) is 19.4. The second kappa shape index (κ2) is 9.01. The number of methoxy groups -OCH3 is 1. The molecule has 7 heteroatoms. The number of benzene rings is 3. The number of hydrazone groups is 1. The van der Waals surface area contributed by atoms with Crippen molar-refractivity contribution in [3.05, 3.63) is 88.7 Å². The molecule has 3 aromatic carbocycles. The van der Waals surface area contributed by atoms with E-state index in [1.54, 1.807) is 54.7 Å². The van der Waals surface area contributed by atoms with Crippen LogP contribution < -0.4 is 14.9 Å². The van der Waals surface area contributed by atoms with E-state index >= 15 is 0 Å². The van der Waals surface area contributed by atoms with Crippen LogP contribution >= 0.6 is 11.6 Å². The fraction of sp³-hybridized carbons (Fsp3) is 0.0476. The van der Waals surface area contributed by atoms with Gasteiger partial charge in [0.1, 0.15) is 5.82 Å². The number of rotatable bonds is 6. The van der Waals surface area contributed by atoms with Gasteiger partial charge >= 0.3 is 5.97 Å². The molecule has 142 valence electrons. The molecule has 0 aliphatic carbocycles. The lowest BCUT2D eigenvalue weighted by atomic mass is 10.2. The van der Waals surface area contributed by atoms with Crippen LogP contribution in [0.4, 0.5) is 10.1 Å². The molecule has 3 aromatic rings. The summed E-state index contributed by atoms with van der Waals surface area (Å²) in [7, 11) is 1.45. The molecule has 0 unspecified atom stereocenters. The molecule has 3 rings (SSSR count). The van der Waals surface area contributed by atoms with Crippen molar-refractivity contribution in [3.63, 3.8) is 0 Å². The zero-order valence-corrected chi connectivity index (χ0v) is 15.6. The van der Waals surface area contributed by atoms with E-state index in [2.05, 4.69) is 10.5 Å². The molecule has 0 atom stereocenters. The fourth-order valence-corrected chi connectivity index (χ4v) is 2.46. The van der Waals surface area contributed by atoms with Gasteiger partial charge in [-0.3, -0.25) is 5.43 Å². The molecule has 0 saturated heterocycles. The van der Waals surface area contributed by atoms with Crippen molar-refractivity contribution in [3.8, 4) is 11.5 Å². The van der Waals surface area contributed by atoms with Gasteiger partial charge in [0, 0.05) is 5.02 Å². The van der Waals surface area contributed by atoms with Crippen LogP contribution in [0.1, 0.15) is 15.9 Å². The number of nitrogens with zero attached hydrogens (tertiary/aromatic N) is 1. The maximum Gasteiger partial charge on any atom is 0.346 e. The molecule has 0 bridgehead atoms. The van der Waals surface area contributed by atoms with E-state index in [1.165, 1.54) is 25.3 Å². The van der Waals surface area contributed by atoms with Gasteiger partial charge in [-0.25, -0.2) is 9.18 Å². The number of carbonyl (C=O) groups is 1. The Labute approximate surface area is 166 Å². The molecule has 0 fully saturated rings. The molecule has 1 N–H and O–H groups in total. The number of anilines is 1. The van der Waals surface area contributed by atoms with Crippen molar-refractivity contribution >= 4 is 29.5 Å². The highest BCUT2D eigenvalue weighted by atomic mass is 35.5. The van der Waals surface area contributed by atoms with E-state index in [1.807, 2.05) is 0 Å². The van der Waals surface area contributed by atoms with Crippen LogP contribution in [0, 0.1) is 5.82 Å². The first-order valence-corrected chi connectivity index (χ1v) is 8.64. The molecule has 0 aromatic heterocycles. The third-order valence-electron chi connectivity index (χ3n) is 3.74. The SMILES string of the molecule is COc1cc(/C=N\Nc2ccc(Cl)cc2)ccc1OC(=O)c1ccccc1F. The summed E-state index contributed by atoms with van der Waals surface area (Å²) < 4.78 is 24.3. The second-order valence-corrected chi connectivity index (χ2v) is 6.09. The van der Waals surface area contributed by atoms with Crippen LogP contribution in [-0.2, 0) is 0 Å². The maximum atomic E-state index is 13.7. The lowest BCUT2D eigenvalue weighted by molar-refractivity contribution is 0.0725. The van der Waals surface area contributed by atoms with Crippen molar-refractivity contribution in [2.45, 2.75) is 0 Å². The Bertz CT molecular complexity index is 1010. The van der Waals surface area contributed by atoms with Crippen LogP contribution in [0.3, 0.4) is 0 Å². The average Bonchev–Trinajstić information content (AvgIpc) is 2.70. The molecule has 0 radical (unpaired) electrons. The number of ether oxygens (including phenoxy) is 2. The summed E-state index contributed by atoms with van der Waals surface area (Å²) in [6.07, 6.45) is 1.58. The van der Waals surface area contributed by atoms with Gasteiger partial charge in [-0.15, -0.1) is 0 Å². The topological polar surface area (TPSA) is 59.9 Å². The van der Waals surface area contributed by atoms with Gasteiger partial charge in [-0.2, -0.15) is 5.10 Å². The lowest BCUT2D eigenvalue weighted by Crippen LogP contribution is -2.11. The summed E-state index contributed by atoms with van der Waals surface area (Å²) in [6, 6.07) is 17.6. The maximum absolute atomic E-state index is 13.7. The smallest absolute Gasteiger partial charge is 0.346 e. The first-order chi connectivity index (χ1) is 13.6. The normalized spacial score (nSPS) is 10.7. The molecule has 28 heavy (non-hydrogen) atoms. The molecule has 0 aliphatic heterocycles. The zero-order chi connectivity index (χ0) is 19.9. The molecular weight excluding hydrogens is 383 g/mol. The molecule has 0 aliphatic rings. The summed E-state index contributed by atoms with van der Waals surface area (Å²) in [4.78, 5) is 12.2. The highest BCUT2D eigenvalue weighted by Crippen LogP contribution is 2.28. The number of carbonyl (C=O) groups excluding carboxylic acids is 1. The predicted octanol–water partition coefficient (Wildman–Crippen LogP) is 5.15. The molecule has 5 nitrogen and oxygen atoms in total. The van der Waals surface area contributed by atoms with Crippen LogP contribution in [0.25, 0.3) is 0 Å². The van der Waals surface area contributed by atoms with Crippen molar-refractivity contribution in [2.24, 2.45) is 5.10 Å². The van der Waals surface area contributed by atoms with Crippen molar-refractivity contribution in [2.75, 3.05) is 12.5 Å². The van der Waals surface area contributed by atoms with E-state index in [0.717, 1.165) is 5.69 Å². The van der Waals surface area contributed by atoms with Crippen LogP contribution in [0.2, 0.25) is 5.02 Å². The van der Waals surface area contributed by atoms with E-state index < -0.39 is 11.8 Å². The largest absolute Gasteiger partial charge is 0.493 e. The minimum atomic E-state index is -0.803. The predicted molar refractivity (Wildman–Crippen MR) is 107 cm³/mol. The Kier molecular flexibility index (Phi) is 6.24. The molecule has 0 spiro atoms. The molecule has 0 heterocycles. The van der Waals surface area contributed by atoms with Crippen molar-refractivity contribution in [1.29, 1.82) is 0 Å². The number of nitrogens with one attached hydrogen (secondary N) is 1. The summed E-state index contributed by atoms with van der Waals surface area (Å²) in [6.45, 7) is 0. The summed E-state index contributed by atoms with van der Waals surface area (Å²) in [5, 5.41) is 4.77. The van der Waals surface area contributed by atoms with Gasteiger partial charge in [0.15, 0.2) is 11.5 Å². The Morgan fingerprint density at radius 3 is 2.54 bits per heavy atom. The Balaban J connectivity index is 1.71. The Morgan fingerprint density at radius 2 is 1.82 bits per heavy atom. The Morgan fingerprint density at radius 1 is 1.07 bits per heavy atom. The summed E-state index contributed by atoms with van der Waals surface area (Å²) in [5.41, 5.74) is 4.22. The minimum absolute atomic E-state index is 0.151. The quantitative estimate of drug-likeness (QED) is 0.270. The van der Waals surface area contributed by atoms with Crippen molar-refractivity contribution < 1.29 is 18.7 Å².